The van der Waals surface area contributed by atoms with Crippen molar-refractivity contribution in [2.45, 2.75) is 44.9 Å². The molecule has 6 heteroatoms. The van der Waals surface area contributed by atoms with E-state index in [9.17, 15) is 13.2 Å². The highest BCUT2D eigenvalue weighted by molar-refractivity contribution is 5.66. The van der Waals surface area contributed by atoms with Gasteiger partial charge in [-0.3, -0.25) is 0 Å². The molecule has 0 aromatic heterocycles. The summed E-state index contributed by atoms with van der Waals surface area (Å²) in [5.41, 5.74) is 1.71. The molecule has 3 nitrogen and oxygen atoms in total. The topological polar surface area (TPSA) is 27.7 Å². The van der Waals surface area contributed by atoms with Crippen LogP contribution in [0.2, 0.25) is 0 Å². The first-order valence-electron chi connectivity index (χ1n) is 12.9. The molecule has 0 atom stereocenters. The van der Waals surface area contributed by atoms with Crippen LogP contribution in [0.15, 0.2) is 67.3 Å². The molecule has 0 unspecified atom stereocenters. The smallest absolute Gasteiger partial charge is 0.201 e. The van der Waals surface area contributed by atoms with Gasteiger partial charge in [0, 0.05) is 5.56 Å². The predicted molar refractivity (Wildman–Crippen MR) is 140 cm³/mol. The van der Waals surface area contributed by atoms with Crippen LogP contribution in [-0.2, 0) is 0 Å². The van der Waals surface area contributed by atoms with Gasteiger partial charge in [0.25, 0.3) is 0 Å². The van der Waals surface area contributed by atoms with E-state index in [1.54, 1.807) is 48.5 Å². The van der Waals surface area contributed by atoms with E-state index in [0.717, 1.165) is 31.2 Å². The summed E-state index contributed by atoms with van der Waals surface area (Å²) in [4.78, 5) is 0. The zero-order valence-electron chi connectivity index (χ0n) is 21.2. The van der Waals surface area contributed by atoms with Crippen LogP contribution in [0.25, 0.3) is 11.1 Å². The lowest BCUT2D eigenvalue weighted by molar-refractivity contribution is 0.192. The van der Waals surface area contributed by atoms with E-state index in [4.69, 9.17) is 14.2 Å². The Morgan fingerprint density at radius 3 is 2.24 bits per heavy atom. The third kappa shape index (κ3) is 6.68. The van der Waals surface area contributed by atoms with Crippen LogP contribution in [0.1, 0.15) is 50.5 Å². The van der Waals surface area contributed by atoms with Gasteiger partial charge in [0.2, 0.25) is 5.82 Å². The van der Waals surface area contributed by atoms with Gasteiger partial charge in [0.1, 0.15) is 5.75 Å². The maximum atomic E-state index is 14.8. The molecule has 0 radical (unpaired) electrons. The highest BCUT2D eigenvalue weighted by atomic mass is 19.2. The Labute approximate surface area is 216 Å². The van der Waals surface area contributed by atoms with Crippen molar-refractivity contribution in [3.8, 4) is 28.4 Å². The number of hydrogen-bond donors (Lipinski definition) is 0. The average molecular weight is 511 g/mol. The van der Waals surface area contributed by atoms with Crippen LogP contribution in [0.3, 0.4) is 0 Å². The second-order valence-electron chi connectivity index (χ2n) is 9.34. The SMILES string of the molecule is C=CCCOc1ccc(C2CCC(COc3ccc(-c4ccc(OCC)cc4)c(F)c3F)CC2)cc1F. The zero-order chi connectivity index (χ0) is 26.2. The van der Waals surface area contributed by atoms with Crippen molar-refractivity contribution in [3.05, 3.63) is 90.3 Å². The van der Waals surface area contributed by atoms with E-state index in [-0.39, 0.29) is 34.7 Å². The number of halogens is 3. The lowest BCUT2D eigenvalue weighted by atomic mass is 9.79. The number of benzene rings is 3. The van der Waals surface area contributed by atoms with Gasteiger partial charge in [-0.1, -0.05) is 24.3 Å². The van der Waals surface area contributed by atoms with Gasteiger partial charge in [0.05, 0.1) is 19.8 Å². The van der Waals surface area contributed by atoms with E-state index in [2.05, 4.69) is 6.58 Å². The van der Waals surface area contributed by atoms with Crippen LogP contribution in [0.4, 0.5) is 13.2 Å². The third-order valence-electron chi connectivity index (χ3n) is 6.85. The number of ether oxygens (including phenoxy) is 3. The summed E-state index contributed by atoms with van der Waals surface area (Å²) in [7, 11) is 0. The van der Waals surface area contributed by atoms with Crippen molar-refractivity contribution >= 4 is 0 Å². The summed E-state index contributed by atoms with van der Waals surface area (Å²) < 4.78 is 60.6. The summed E-state index contributed by atoms with van der Waals surface area (Å²) >= 11 is 0. The Morgan fingerprint density at radius 2 is 1.57 bits per heavy atom. The first kappa shape index (κ1) is 26.6. The first-order valence-corrected chi connectivity index (χ1v) is 12.9. The molecular formula is C31H33F3O3. The molecule has 4 rings (SSSR count). The Hall–Kier alpha value is -3.41. The Kier molecular flexibility index (Phi) is 9.15. The number of hydrogen-bond acceptors (Lipinski definition) is 3. The van der Waals surface area contributed by atoms with E-state index in [1.807, 2.05) is 13.0 Å². The maximum absolute atomic E-state index is 14.8. The highest BCUT2D eigenvalue weighted by Gasteiger charge is 2.25. The molecular weight excluding hydrogens is 477 g/mol. The molecule has 196 valence electrons. The van der Waals surface area contributed by atoms with Gasteiger partial charge in [-0.15, -0.1) is 6.58 Å². The minimum absolute atomic E-state index is 0.0802. The fourth-order valence-electron chi connectivity index (χ4n) is 4.77. The quantitative estimate of drug-likeness (QED) is 0.191. The largest absolute Gasteiger partial charge is 0.494 e. The molecule has 1 aliphatic carbocycles. The monoisotopic (exact) mass is 510 g/mol. The minimum atomic E-state index is -0.981. The molecule has 0 aliphatic heterocycles. The summed E-state index contributed by atoms with van der Waals surface area (Å²) in [6, 6.07) is 15.1. The average Bonchev–Trinajstić information content (AvgIpc) is 2.92. The molecule has 1 fully saturated rings. The minimum Gasteiger partial charge on any atom is -0.494 e. The molecule has 0 saturated heterocycles. The van der Waals surface area contributed by atoms with Gasteiger partial charge in [-0.2, -0.15) is 4.39 Å². The summed E-state index contributed by atoms with van der Waals surface area (Å²) in [6.07, 6.45) is 5.92. The van der Waals surface area contributed by atoms with Crippen LogP contribution >= 0.6 is 0 Å². The lowest BCUT2D eigenvalue weighted by Crippen LogP contribution is -2.19. The summed E-state index contributed by atoms with van der Waals surface area (Å²) in [5.74, 6) is -0.906. The van der Waals surface area contributed by atoms with E-state index in [1.165, 1.54) is 6.07 Å². The standard InChI is InChI=1S/C31H33F3O3/c1-3-5-18-36-28-16-12-24(19-27(28)32)22-8-6-21(7-9-22)20-37-29-17-15-26(30(33)31(29)34)23-10-13-25(14-11-23)35-4-2/h3,10-17,19,21-22H,1,4-9,18,20H2,2H3. The fraction of sp³-hybridized carbons (Fsp3) is 0.355. The van der Waals surface area contributed by atoms with Crippen LogP contribution < -0.4 is 14.2 Å². The predicted octanol–water partition coefficient (Wildman–Crippen LogP) is 8.48. The first-order chi connectivity index (χ1) is 18.0. The molecule has 1 saturated carbocycles. The van der Waals surface area contributed by atoms with Crippen molar-refractivity contribution in [2.75, 3.05) is 19.8 Å². The summed E-state index contributed by atoms with van der Waals surface area (Å²) in [5, 5.41) is 0. The molecule has 3 aromatic carbocycles. The van der Waals surface area contributed by atoms with Crippen molar-refractivity contribution in [3.63, 3.8) is 0 Å². The van der Waals surface area contributed by atoms with E-state index in [0.29, 0.717) is 37.6 Å². The molecule has 37 heavy (non-hydrogen) atoms. The van der Waals surface area contributed by atoms with Crippen LogP contribution in [0.5, 0.6) is 17.2 Å². The fourth-order valence-corrected chi connectivity index (χ4v) is 4.77. The van der Waals surface area contributed by atoms with Gasteiger partial charge < -0.3 is 14.2 Å². The van der Waals surface area contributed by atoms with Gasteiger partial charge in [-0.05, 0) is 98.4 Å². The lowest BCUT2D eigenvalue weighted by Gasteiger charge is -2.29. The van der Waals surface area contributed by atoms with Gasteiger partial charge in [0.15, 0.2) is 23.1 Å². The van der Waals surface area contributed by atoms with Crippen molar-refractivity contribution in [1.29, 1.82) is 0 Å². The molecule has 1 aliphatic rings. The Bertz CT molecular complexity index is 1190. The molecule has 0 N–H and O–H groups in total. The maximum Gasteiger partial charge on any atom is 0.201 e. The van der Waals surface area contributed by atoms with Crippen molar-refractivity contribution in [2.24, 2.45) is 5.92 Å². The number of rotatable bonds is 11. The van der Waals surface area contributed by atoms with Crippen LogP contribution in [0, 0.1) is 23.4 Å². The van der Waals surface area contributed by atoms with E-state index < -0.39 is 11.6 Å². The van der Waals surface area contributed by atoms with Gasteiger partial charge in [-0.25, -0.2) is 8.78 Å². The van der Waals surface area contributed by atoms with E-state index >= 15 is 0 Å². The molecule has 0 amide bonds. The highest BCUT2D eigenvalue weighted by Crippen LogP contribution is 2.38. The Morgan fingerprint density at radius 1 is 0.838 bits per heavy atom. The van der Waals surface area contributed by atoms with Gasteiger partial charge >= 0.3 is 0 Å². The molecule has 3 aromatic rings. The molecule has 0 spiro atoms. The Balaban J connectivity index is 1.30. The molecule has 0 bridgehead atoms. The van der Waals surface area contributed by atoms with Crippen molar-refractivity contribution in [1.82, 2.24) is 0 Å². The second-order valence-corrected chi connectivity index (χ2v) is 9.34. The zero-order valence-corrected chi connectivity index (χ0v) is 21.2. The summed E-state index contributed by atoms with van der Waals surface area (Å²) in [6.45, 7) is 6.77. The van der Waals surface area contributed by atoms with Crippen molar-refractivity contribution < 1.29 is 27.4 Å². The second kappa shape index (κ2) is 12.7. The van der Waals surface area contributed by atoms with Crippen LogP contribution in [-0.4, -0.2) is 19.8 Å². The third-order valence-corrected chi connectivity index (χ3v) is 6.85. The molecule has 0 heterocycles. The normalized spacial score (nSPS) is 17.3.